The third-order valence-corrected chi connectivity index (χ3v) is 1.99. The SMILES string of the molecule is CNCCCCC(N)C(=O)P. The highest BCUT2D eigenvalue weighted by atomic mass is 31.0. The van der Waals surface area contributed by atoms with Crippen molar-refractivity contribution >= 4 is 14.8 Å². The molecule has 3 nitrogen and oxygen atoms in total. The summed E-state index contributed by atoms with van der Waals surface area (Å²) < 4.78 is 0. The fourth-order valence-corrected chi connectivity index (χ4v) is 0.975. The first-order chi connectivity index (χ1) is 5.18. The molecular formula is C7H17N2OP. The molecule has 0 heterocycles. The summed E-state index contributed by atoms with van der Waals surface area (Å²) in [6, 6.07) is -0.281. The Morgan fingerprint density at radius 2 is 2.27 bits per heavy atom. The summed E-state index contributed by atoms with van der Waals surface area (Å²) in [7, 11) is 4.03. The highest BCUT2D eigenvalue weighted by Gasteiger charge is 2.06. The van der Waals surface area contributed by atoms with Gasteiger partial charge in [-0.1, -0.05) is 15.7 Å². The molecule has 2 unspecified atom stereocenters. The zero-order chi connectivity index (χ0) is 8.69. The number of carbonyl (C=O) groups is 1. The van der Waals surface area contributed by atoms with Gasteiger partial charge in [-0.25, -0.2) is 0 Å². The molecule has 0 aromatic rings. The van der Waals surface area contributed by atoms with E-state index in [1.807, 2.05) is 7.05 Å². The minimum absolute atomic E-state index is 0.00876. The first-order valence-electron chi connectivity index (χ1n) is 3.88. The fraction of sp³-hybridized carbons (Fsp3) is 0.857. The lowest BCUT2D eigenvalue weighted by atomic mass is 10.1. The number of carbonyl (C=O) groups excluding carboxylic acids is 1. The lowest BCUT2D eigenvalue weighted by molar-refractivity contribution is -0.112. The van der Waals surface area contributed by atoms with Crippen LogP contribution in [0.15, 0.2) is 0 Å². The van der Waals surface area contributed by atoms with Gasteiger partial charge in [-0.3, -0.25) is 4.79 Å². The average Bonchev–Trinajstić information content (AvgIpc) is 1.97. The summed E-state index contributed by atoms with van der Waals surface area (Å²) in [5.41, 5.74) is 5.52. The molecule has 2 atom stereocenters. The Labute approximate surface area is 70.3 Å². The maximum atomic E-state index is 10.6. The molecule has 0 radical (unpaired) electrons. The molecule has 0 aliphatic carbocycles. The molecule has 66 valence electrons. The van der Waals surface area contributed by atoms with Crippen LogP contribution in [0, 0.1) is 0 Å². The van der Waals surface area contributed by atoms with Crippen LogP contribution in [0.5, 0.6) is 0 Å². The number of nitrogens with two attached hydrogens (primary N) is 1. The van der Waals surface area contributed by atoms with Crippen LogP contribution in [0.25, 0.3) is 0 Å². The van der Waals surface area contributed by atoms with Crippen LogP contribution in [-0.4, -0.2) is 25.2 Å². The summed E-state index contributed by atoms with van der Waals surface area (Å²) in [4.78, 5) is 10.6. The Morgan fingerprint density at radius 1 is 1.64 bits per heavy atom. The predicted molar refractivity (Wildman–Crippen MR) is 50.5 cm³/mol. The normalized spacial score (nSPS) is 13.0. The van der Waals surface area contributed by atoms with E-state index in [0.717, 1.165) is 25.8 Å². The number of unbranched alkanes of at least 4 members (excludes halogenated alkanes) is 1. The molecule has 4 heteroatoms. The molecular weight excluding hydrogens is 159 g/mol. The van der Waals surface area contributed by atoms with Gasteiger partial charge >= 0.3 is 0 Å². The second-order valence-corrected chi connectivity index (χ2v) is 3.18. The van der Waals surface area contributed by atoms with E-state index in [1.54, 1.807) is 0 Å². The van der Waals surface area contributed by atoms with Crippen LogP contribution in [0.1, 0.15) is 19.3 Å². The molecule has 0 aromatic carbocycles. The molecule has 0 bridgehead atoms. The molecule has 0 amide bonds. The van der Waals surface area contributed by atoms with Crippen molar-refractivity contribution in [3.05, 3.63) is 0 Å². The highest BCUT2D eigenvalue weighted by Crippen LogP contribution is 2.02. The van der Waals surface area contributed by atoms with Crippen molar-refractivity contribution in [2.75, 3.05) is 13.6 Å². The second kappa shape index (κ2) is 6.71. The number of hydrogen-bond acceptors (Lipinski definition) is 3. The van der Waals surface area contributed by atoms with Gasteiger partial charge in [0.1, 0.15) is 0 Å². The van der Waals surface area contributed by atoms with Crippen LogP contribution < -0.4 is 11.1 Å². The van der Waals surface area contributed by atoms with E-state index < -0.39 is 0 Å². The third kappa shape index (κ3) is 6.42. The van der Waals surface area contributed by atoms with E-state index in [9.17, 15) is 4.79 Å². The number of hydrogen-bond donors (Lipinski definition) is 2. The summed E-state index contributed by atoms with van der Waals surface area (Å²) in [5.74, 6) is 0. The first-order valence-corrected chi connectivity index (χ1v) is 4.45. The second-order valence-electron chi connectivity index (χ2n) is 2.61. The largest absolute Gasteiger partial charge is 0.321 e. The molecule has 0 saturated carbocycles. The lowest BCUT2D eigenvalue weighted by Crippen LogP contribution is -2.26. The Balaban J connectivity index is 3.17. The summed E-state index contributed by atoms with van der Waals surface area (Å²) in [6.07, 6.45) is 2.90. The lowest BCUT2D eigenvalue weighted by Gasteiger charge is -2.05. The molecule has 0 fully saturated rings. The monoisotopic (exact) mass is 176 g/mol. The topological polar surface area (TPSA) is 55.1 Å². The highest BCUT2D eigenvalue weighted by molar-refractivity contribution is 7.40. The van der Waals surface area contributed by atoms with Gasteiger partial charge in [-0.2, -0.15) is 0 Å². The molecule has 11 heavy (non-hydrogen) atoms. The maximum absolute atomic E-state index is 10.6. The zero-order valence-corrected chi connectivity index (χ0v) is 8.12. The zero-order valence-electron chi connectivity index (χ0n) is 6.97. The van der Waals surface area contributed by atoms with Crippen molar-refractivity contribution in [3.63, 3.8) is 0 Å². The van der Waals surface area contributed by atoms with Crippen LogP contribution in [-0.2, 0) is 4.79 Å². The van der Waals surface area contributed by atoms with Gasteiger partial charge in [0, 0.05) is 0 Å². The van der Waals surface area contributed by atoms with Crippen LogP contribution >= 0.6 is 9.24 Å². The van der Waals surface area contributed by atoms with Gasteiger partial charge in [0.15, 0.2) is 5.52 Å². The van der Waals surface area contributed by atoms with E-state index in [4.69, 9.17) is 5.73 Å². The van der Waals surface area contributed by atoms with Crippen LogP contribution in [0.4, 0.5) is 0 Å². The van der Waals surface area contributed by atoms with E-state index in [2.05, 4.69) is 14.6 Å². The third-order valence-electron chi connectivity index (χ3n) is 1.56. The first kappa shape index (κ1) is 11.0. The molecule has 0 spiro atoms. The molecule has 0 rings (SSSR count). The molecule has 0 saturated heterocycles. The Bertz CT molecular complexity index is 119. The standard InChI is InChI=1S/C7H17N2OP/c1-9-5-3-2-4-6(8)7(10)11/h6,9H,2-5,8,11H2,1H3. The molecule has 0 aliphatic rings. The summed E-state index contributed by atoms with van der Waals surface area (Å²) in [6.45, 7) is 0.998. The van der Waals surface area contributed by atoms with Crippen LogP contribution in [0.2, 0.25) is 0 Å². The van der Waals surface area contributed by atoms with Gasteiger partial charge < -0.3 is 11.1 Å². The van der Waals surface area contributed by atoms with Crippen molar-refractivity contribution in [1.29, 1.82) is 0 Å². The van der Waals surface area contributed by atoms with Crippen molar-refractivity contribution in [3.8, 4) is 0 Å². The smallest absolute Gasteiger partial charge is 0.164 e. The van der Waals surface area contributed by atoms with Crippen molar-refractivity contribution in [1.82, 2.24) is 5.32 Å². The van der Waals surface area contributed by atoms with Gasteiger partial charge in [0.2, 0.25) is 0 Å². The number of nitrogens with one attached hydrogen (secondary N) is 1. The Morgan fingerprint density at radius 3 is 2.73 bits per heavy atom. The minimum atomic E-state index is -0.281. The van der Waals surface area contributed by atoms with E-state index >= 15 is 0 Å². The van der Waals surface area contributed by atoms with E-state index in [-0.39, 0.29) is 11.6 Å². The van der Waals surface area contributed by atoms with Crippen molar-refractivity contribution in [2.45, 2.75) is 25.3 Å². The average molecular weight is 176 g/mol. The number of rotatable bonds is 6. The van der Waals surface area contributed by atoms with Gasteiger partial charge in [-0.15, -0.1) is 0 Å². The van der Waals surface area contributed by atoms with E-state index in [1.165, 1.54) is 0 Å². The Kier molecular flexibility index (Phi) is 6.73. The van der Waals surface area contributed by atoms with Gasteiger partial charge in [-0.05, 0) is 26.4 Å². The molecule has 0 aromatic heterocycles. The van der Waals surface area contributed by atoms with Gasteiger partial charge in [0.25, 0.3) is 0 Å². The van der Waals surface area contributed by atoms with Gasteiger partial charge in [0.05, 0.1) is 6.04 Å². The maximum Gasteiger partial charge on any atom is 0.164 e. The predicted octanol–water partition coefficient (Wildman–Crippen LogP) is 0.105. The van der Waals surface area contributed by atoms with Crippen LogP contribution in [0.3, 0.4) is 0 Å². The molecule has 3 N–H and O–H groups in total. The molecule has 0 aliphatic heterocycles. The quantitative estimate of drug-likeness (QED) is 0.446. The van der Waals surface area contributed by atoms with Crippen molar-refractivity contribution in [2.24, 2.45) is 5.73 Å². The summed E-state index contributed by atoms with van der Waals surface area (Å²) in [5, 5.41) is 3.04. The fourth-order valence-electron chi connectivity index (χ4n) is 0.808. The summed E-state index contributed by atoms with van der Waals surface area (Å²) >= 11 is 0. The minimum Gasteiger partial charge on any atom is -0.321 e. The Hall–Kier alpha value is 0.0200. The van der Waals surface area contributed by atoms with Crippen molar-refractivity contribution < 1.29 is 4.79 Å². The van der Waals surface area contributed by atoms with E-state index in [0.29, 0.717) is 0 Å².